The molecule has 0 spiro atoms. The summed E-state index contributed by atoms with van der Waals surface area (Å²) in [5, 5.41) is 6.62. The van der Waals surface area contributed by atoms with Crippen molar-refractivity contribution in [3.63, 3.8) is 0 Å². The highest BCUT2D eigenvalue weighted by molar-refractivity contribution is 7.92. The summed E-state index contributed by atoms with van der Waals surface area (Å²) >= 11 is 0. The molecule has 212 valence electrons. The van der Waals surface area contributed by atoms with Gasteiger partial charge in [0.15, 0.2) is 0 Å². The normalized spacial score (nSPS) is 15.9. The first-order valence-electron chi connectivity index (χ1n) is 13.4. The average Bonchev–Trinajstić information content (AvgIpc) is 3.57. The fraction of sp³-hybridized carbons (Fsp3) is 0.267. The molecule has 1 fully saturated rings. The number of benzene rings is 3. The van der Waals surface area contributed by atoms with Gasteiger partial charge in [-0.2, -0.15) is 0 Å². The first kappa shape index (κ1) is 27.0. The highest BCUT2D eigenvalue weighted by Crippen LogP contribution is 2.42. The Labute approximate surface area is 237 Å². The second-order valence-electron chi connectivity index (χ2n) is 10.3. The second kappa shape index (κ2) is 10.3. The minimum absolute atomic E-state index is 0.261. The fourth-order valence-corrected chi connectivity index (χ4v) is 6.02. The van der Waals surface area contributed by atoms with E-state index in [1.807, 2.05) is 24.5 Å². The number of rotatable bonds is 6. The molecule has 2 N–H and O–H groups in total. The van der Waals surface area contributed by atoms with E-state index < -0.39 is 15.8 Å². The third-order valence-corrected chi connectivity index (χ3v) is 8.95. The first-order valence-corrected chi connectivity index (χ1v) is 15.2. The number of piperidine rings is 1. The smallest absolute Gasteiger partial charge is 0.255 e. The highest BCUT2D eigenvalue weighted by atomic mass is 32.2. The number of carbonyl (C=O) groups excluding carboxylic acids is 1. The topological polar surface area (TPSA) is 109 Å². The number of nitrogens with zero attached hydrogens (tertiary/aromatic N) is 3. The molecular formula is C30H30FN5O4S. The van der Waals surface area contributed by atoms with Crippen LogP contribution in [0.3, 0.4) is 0 Å². The SMILES string of the molecule is CNC(=O)c1c(-c2ccc(F)cc2)oc2cc(N(C)S(C)(=O)=O)c(-c3ccc4ncn(C5CCCNC5)c4c3)cc12. The molecule has 0 radical (unpaired) electrons. The van der Waals surface area contributed by atoms with Crippen molar-refractivity contribution in [3.8, 4) is 22.5 Å². The van der Waals surface area contributed by atoms with E-state index in [1.54, 1.807) is 24.3 Å². The summed E-state index contributed by atoms with van der Waals surface area (Å²) in [6, 6.07) is 15.2. The maximum absolute atomic E-state index is 13.7. The number of furan rings is 1. The van der Waals surface area contributed by atoms with Gasteiger partial charge in [0.25, 0.3) is 5.91 Å². The van der Waals surface area contributed by atoms with Crippen molar-refractivity contribution in [2.24, 2.45) is 0 Å². The van der Waals surface area contributed by atoms with Crippen molar-refractivity contribution in [3.05, 3.63) is 72.3 Å². The zero-order valence-electron chi connectivity index (χ0n) is 22.9. The van der Waals surface area contributed by atoms with E-state index in [0.717, 1.165) is 48.8 Å². The number of halogens is 1. The largest absolute Gasteiger partial charge is 0.455 e. The van der Waals surface area contributed by atoms with Crippen LogP contribution >= 0.6 is 0 Å². The quantitative estimate of drug-likeness (QED) is 0.297. The Morgan fingerprint density at radius 1 is 1.15 bits per heavy atom. The predicted molar refractivity (Wildman–Crippen MR) is 158 cm³/mol. The molecule has 1 unspecified atom stereocenters. The number of hydrogen-bond donors (Lipinski definition) is 2. The third kappa shape index (κ3) is 4.85. The van der Waals surface area contributed by atoms with E-state index in [9.17, 15) is 17.6 Å². The van der Waals surface area contributed by atoms with Gasteiger partial charge in [-0.1, -0.05) is 6.07 Å². The molecule has 0 aliphatic carbocycles. The molecule has 1 aliphatic heterocycles. The Bertz CT molecular complexity index is 1890. The second-order valence-corrected chi connectivity index (χ2v) is 12.4. The van der Waals surface area contributed by atoms with E-state index in [2.05, 4.69) is 20.2 Å². The van der Waals surface area contributed by atoms with Crippen LogP contribution in [0.25, 0.3) is 44.5 Å². The predicted octanol–water partition coefficient (Wildman–Crippen LogP) is 4.94. The lowest BCUT2D eigenvalue weighted by atomic mass is 9.98. The van der Waals surface area contributed by atoms with Crippen molar-refractivity contribution >= 4 is 43.6 Å². The van der Waals surface area contributed by atoms with Crippen molar-refractivity contribution in [2.75, 3.05) is 37.7 Å². The van der Waals surface area contributed by atoms with Gasteiger partial charge in [0.05, 0.1) is 34.9 Å². The van der Waals surface area contributed by atoms with Crippen LogP contribution in [0.15, 0.2) is 65.3 Å². The molecule has 0 saturated carbocycles. The molecule has 1 amide bonds. The van der Waals surface area contributed by atoms with Gasteiger partial charge < -0.3 is 19.6 Å². The van der Waals surface area contributed by atoms with Gasteiger partial charge in [-0.15, -0.1) is 0 Å². The molecule has 5 aromatic rings. The van der Waals surface area contributed by atoms with Gasteiger partial charge in [0.1, 0.15) is 17.2 Å². The molecule has 3 heterocycles. The number of nitrogens with one attached hydrogen (secondary N) is 2. The molecule has 2 aromatic heterocycles. The van der Waals surface area contributed by atoms with Crippen LogP contribution in [0.5, 0.6) is 0 Å². The fourth-order valence-electron chi connectivity index (χ4n) is 5.51. The van der Waals surface area contributed by atoms with Gasteiger partial charge in [0, 0.05) is 49.3 Å². The average molecular weight is 576 g/mol. The van der Waals surface area contributed by atoms with E-state index in [4.69, 9.17) is 4.42 Å². The number of imidazole rings is 1. The molecule has 1 saturated heterocycles. The summed E-state index contributed by atoms with van der Waals surface area (Å²) in [6.45, 7) is 1.84. The van der Waals surface area contributed by atoms with E-state index in [-0.39, 0.29) is 23.3 Å². The molecule has 9 nitrogen and oxygen atoms in total. The lowest BCUT2D eigenvalue weighted by molar-refractivity contribution is 0.0964. The monoisotopic (exact) mass is 575 g/mol. The van der Waals surface area contributed by atoms with Crippen molar-refractivity contribution in [1.29, 1.82) is 0 Å². The van der Waals surface area contributed by atoms with Crippen LogP contribution in [0.4, 0.5) is 10.1 Å². The number of anilines is 1. The summed E-state index contributed by atoms with van der Waals surface area (Å²) in [6.07, 6.45) is 5.10. The van der Waals surface area contributed by atoms with Crippen molar-refractivity contribution < 1.29 is 22.0 Å². The van der Waals surface area contributed by atoms with Crippen LogP contribution in [0, 0.1) is 5.82 Å². The van der Waals surface area contributed by atoms with Gasteiger partial charge in [-0.25, -0.2) is 17.8 Å². The minimum atomic E-state index is -3.65. The van der Waals surface area contributed by atoms with Gasteiger partial charge in [0.2, 0.25) is 10.0 Å². The maximum Gasteiger partial charge on any atom is 0.255 e. The summed E-state index contributed by atoms with van der Waals surface area (Å²) in [4.78, 5) is 17.8. The lowest BCUT2D eigenvalue weighted by Crippen LogP contribution is -2.31. The first-order chi connectivity index (χ1) is 19.7. The molecule has 6 rings (SSSR count). The van der Waals surface area contributed by atoms with Crippen LogP contribution in [0.2, 0.25) is 0 Å². The van der Waals surface area contributed by atoms with Gasteiger partial charge >= 0.3 is 0 Å². The standard InChI is InChI=1S/C30H30FN5O4S/c1-32-30(37)28-23-14-22(19-8-11-24-26(13-19)36(17-34-24)21-5-4-12-33-16-21)25(35(2)41(3,38)39)15-27(23)40-29(28)18-6-9-20(31)10-7-18/h6-11,13-15,17,21,33H,4-5,12,16H2,1-3H3,(H,32,37). The van der Waals surface area contributed by atoms with Crippen molar-refractivity contribution in [1.82, 2.24) is 20.2 Å². The summed E-state index contributed by atoms with van der Waals surface area (Å²) < 4.78 is 48.7. The highest BCUT2D eigenvalue weighted by Gasteiger charge is 2.26. The summed E-state index contributed by atoms with van der Waals surface area (Å²) in [7, 11) is -0.637. The molecule has 1 aliphatic rings. The molecule has 3 aromatic carbocycles. The summed E-state index contributed by atoms with van der Waals surface area (Å²) in [5.74, 6) is -0.524. The molecular weight excluding hydrogens is 545 g/mol. The lowest BCUT2D eigenvalue weighted by Gasteiger charge is -2.25. The van der Waals surface area contributed by atoms with Crippen LogP contribution in [-0.4, -0.2) is 57.3 Å². The zero-order chi connectivity index (χ0) is 28.9. The minimum Gasteiger partial charge on any atom is -0.455 e. The van der Waals surface area contributed by atoms with E-state index in [0.29, 0.717) is 27.8 Å². The zero-order valence-corrected chi connectivity index (χ0v) is 23.8. The number of aromatic nitrogens is 2. The van der Waals surface area contributed by atoms with Crippen molar-refractivity contribution in [2.45, 2.75) is 18.9 Å². The Morgan fingerprint density at radius 2 is 1.90 bits per heavy atom. The van der Waals surface area contributed by atoms with Crippen LogP contribution in [-0.2, 0) is 10.0 Å². The molecule has 41 heavy (non-hydrogen) atoms. The Morgan fingerprint density at radius 3 is 2.59 bits per heavy atom. The maximum atomic E-state index is 13.7. The Hall–Kier alpha value is -4.22. The molecule has 11 heteroatoms. The van der Waals surface area contributed by atoms with Gasteiger partial charge in [-0.05, 0) is 67.4 Å². The van der Waals surface area contributed by atoms with E-state index in [1.165, 1.54) is 30.5 Å². The molecule has 0 bridgehead atoms. The summed E-state index contributed by atoms with van der Waals surface area (Å²) in [5.41, 5.74) is 4.68. The number of sulfonamides is 1. The van der Waals surface area contributed by atoms with E-state index >= 15 is 0 Å². The van der Waals surface area contributed by atoms with Crippen LogP contribution in [0.1, 0.15) is 29.2 Å². The number of amides is 1. The Balaban J connectivity index is 1.61. The number of carbonyl (C=O) groups is 1. The number of fused-ring (bicyclic) bond motifs is 2. The molecule has 1 atom stereocenters. The third-order valence-electron chi connectivity index (χ3n) is 7.75. The van der Waals surface area contributed by atoms with Gasteiger partial charge in [-0.3, -0.25) is 9.10 Å². The Kier molecular flexibility index (Phi) is 6.79. The van der Waals surface area contributed by atoms with Crippen LogP contribution < -0.4 is 14.9 Å². The number of hydrogen-bond acceptors (Lipinski definition) is 6.